The summed E-state index contributed by atoms with van der Waals surface area (Å²) >= 11 is 1.52. The number of nitrogens with one attached hydrogen (secondary N) is 1. The second kappa shape index (κ2) is 14.9. The van der Waals surface area contributed by atoms with Crippen molar-refractivity contribution < 1.29 is 18.0 Å². The minimum Gasteiger partial charge on any atom is -0.354 e. The van der Waals surface area contributed by atoms with Crippen LogP contribution in [0.1, 0.15) is 37.8 Å². The lowest BCUT2D eigenvalue weighted by atomic mass is 10.1. The molecule has 40 heavy (non-hydrogen) atoms. The van der Waals surface area contributed by atoms with Gasteiger partial charge in [-0.2, -0.15) is 0 Å². The lowest BCUT2D eigenvalue weighted by Crippen LogP contribution is -2.52. The zero-order valence-electron chi connectivity index (χ0n) is 23.7. The van der Waals surface area contributed by atoms with Gasteiger partial charge in [-0.05, 0) is 74.9 Å². The minimum absolute atomic E-state index is 0.0971. The van der Waals surface area contributed by atoms with Crippen molar-refractivity contribution in [2.24, 2.45) is 0 Å². The molecule has 0 aliphatic carbocycles. The third kappa shape index (κ3) is 8.35. The Morgan fingerprint density at radius 2 is 1.60 bits per heavy atom. The number of amides is 2. The molecule has 0 unspecified atom stereocenters. The van der Waals surface area contributed by atoms with Crippen LogP contribution in [-0.4, -0.2) is 57.1 Å². The topological polar surface area (TPSA) is 86.8 Å². The van der Waals surface area contributed by atoms with E-state index in [9.17, 15) is 18.0 Å². The summed E-state index contributed by atoms with van der Waals surface area (Å²) in [5.74, 6) is -0.703. The Bertz CT molecular complexity index is 1350. The van der Waals surface area contributed by atoms with Gasteiger partial charge >= 0.3 is 0 Å². The average Bonchev–Trinajstić information content (AvgIpc) is 2.97. The molecule has 7 nitrogen and oxygen atoms in total. The van der Waals surface area contributed by atoms with E-state index >= 15 is 0 Å². The van der Waals surface area contributed by atoms with Gasteiger partial charge in [0.2, 0.25) is 11.8 Å². The summed E-state index contributed by atoms with van der Waals surface area (Å²) in [4.78, 5) is 29.4. The lowest BCUT2D eigenvalue weighted by Gasteiger charge is -2.32. The van der Waals surface area contributed by atoms with Gasteiger partial charge in [0.25, 0.3) is 10.0 Å². The molecule has 214 valence electrons. The van der Waals surface area contributed by atoms with Gasteiger partial charge in [-0.1, -0.05) is 61.4 Å². The van der Waals surface area contributed by atoms with E-state index in [1.165, 1.54) is 16.7 Å². The second-order valence-electron chi connectivity index (χ2n) is 9.67. The Balaban J connectivity index is 1.94. The van der Waals surface area contributed by atoms with Crippen molar-refractivity contribution in [2.75, 3.05) is 30.2 Å². The standard InChI is InChI=1S/C31H39N3O4S2/c1-5-6-21-32-31(36)25(3)33(22-20-26-10-8-7-9-11-26)30(35)23-34(27-14-12-24(2)13-15-27)40(37,38)29-18-16-28(39-4)17-19-29/h7-19,25H,5-6,20-23H2,1-4H3,(H,32,36)/t25-/m1/s1. The highest BCUT2D eigenvalue weighted by Crippen LogP contribution is 2.26. The van der Waals surface area contributed by atoms with Crippen molar-refractivity contribution in [1.82, 2.24) is 10.2 Å². The number of carbonyl (C=O) groups excluding carboxylic acids is 2. The second-order valence-corrected chi connectivity index (χ2v) is 12.4. The van der Waals surface area contributed by atoms with Crippen LogP contribution in [0.3, 0.4) is 0 Å². The first-order chi connectivity index (χ1) is 19.2. The Morgan fingerprint density at radius 1 is 0.950 bits per heavy atom. The third-order valence-electron chi connectivity index (χ3n) is 6.73. The summed E-state index contributed by atoms with van der Waals surface area (Å²) in [7, 11) is -4.08. The molecule has 0 saturated carbocycles. The van der Waals surface area contributed by atoms with Crippen LogP contribution >= 0.6 is 11.8 Å². The van der Waals surface area contributed by atoms with E-state index in [1.807, 2.05) is 62.6 Å². The maximum atomic E-state index is 13.9. The highest BCUT2D eigenvalue weighted by atomic mass is 32.2. The van der Waals surface area contributed by atoms with E-state index in [4.69, 9.17) is 0 Å². The zero-order valence-corrected chi connectivity index (χ0v) is 25.3. The number of thioether (sulfide) groups is 1. The molecule has 0 fully saturated rings. The van der Waals surface area contributed by atoms with Crippen molar-refractivity contribution in [3.63, 3.8) is 0 Å². The molecular formula is C31H39N3O4S2. The molecule has 0 aliphatic heterocycles. The molecule has 1 N–H and O–H groups in total. The van der Waals surface area contributed by atoms with E-state index in [0.717, 1.165) is 33.2 Å². The molecular weight excluding hydrogens is 542 g/mol. The summed E-state index contributed by atoms with van der Waals surface area (Å²) in [5.41, 5.74) is 2.38. The summed E-state index contributed by atoms with van der Waals surface area (Å²) in [6.07, 6.45) is 4.23. The molecule has 3 rings (SSSR count). The number of aryl methyl sites for hydroxylation is 1. The van der Waals surface area contributed by atoms with E-state index in [2.05, 4.69) is 5.32 Å². The van der Waals surface area contributed by atoms with Gasteiger partial charge in [0.1, 0.15) is 12.6 Å². The van der Waals surface area contributed by atoms with Crippen LogP contribution in [0.4, 0.5) is 5.69 Å². The smallest absolute Gasteiger partial charge is 0.264 e. The lowest BCUT2D eigenvalue weighted by molar-refractivity contribution is -0.138. The van der Waals surface area contributed by atoms with Crippen molar-refractivity contribution in [1.29, 1.82) is 0 Å². The molecule has 0 spiro atoms. The number of sulfonamides is 1. The Hall–Kier alpha value is -3.30. The predicted octanol–water partition coefficient (Wildman–Crippen LogP) is 5.29. The maximum absolute atomic E-state index is 13.9. The van der Waals surface area contributed by atoms with E-state index in [1.54, 1.807) is 43.3 Å². The quantitative estimate of drug-likeness (QED) is 0.207. The normalized spacial score (nSPS) is 12.0. The van der Waals surface area contributed by atoms with Crippen LogP contribution in [0, 0.1) is 6.92 Å². The third-order valence-corrected chi connectivity index (χ3v) is 9.26. The summed E-state index contributed by atoms with van der Waals surface area (Å²) in [6, 6.07) is 22.6. The molecule has 0 heterocycles. The number of rotatable bonds is 14. The first kappa shape index (κ1) is 31.2. The molecule has 0 bridgehead atoms. The largest absolute Gasteiger partial charge is 0.354 e. The SMILES string of the molecule is CCCCNC(=O)[C@@H](C)N(CCc1ccccc1)C(=O)CN(c1ccc(C)cc1)S(=O)(=O)c1ccc(SC)cc1. The molecule has 3 aromatic rings. The average molecular weight is 582 g/mol. The molecule has 3 aromatic carbocycles. The molecule has 1 atom stereocenters. The number of unbranched alkanes of at least 4 members (excludes halogenated alkanes) is 1. The minimum atomic E-state index is -4.08. The van der Waals surface area contributed by atoms with Crippen LogP contribution < -0.4 is 9.62 Å². The van der Waals surface area contributed by atoms with Crippen LogP contribution in [-0.2, 0) is 26.0 Å². The zero-order chi connectivity index (χ0) is 29.1. The van der Waals surface area contributed by atoms with Gasteiger partial charge in [-0.15, -0.1) is 11.8 Å². The highest BCUT2D eigenvalue weighted by Gasteiger charge is 2.32. The van der Waals surface area contributed by atoms with Crippen molar-refractivity contribution in [3.8, 4) is 0 Å². The molecule has 2 amide bonds. The molecule has 0 radical (unpaired) electrons. The van der Waals surface area contributed by atoms with Crippen LogP contribution in [0.25, 0.3) is 0 Å². The van der Waals surface area contributed by atoms with Crippen molar-refractivity contribution >= 4 is 39.3 Å². The van der Waals surface area contributed by atoms with Crippen LogP contribution in [0.15, 0.2) is 88.7 Å². The Morgan fingerprint density at radius 3 is 2.20 bits per heavy atom. The van der Waals surface area contributed by atoms with Crippen LogP contribution in [0.5, 0.6) is 0 Å². The Kier molecular flexibility index (Phi) is 11.6. The van der Waals surface area contributed by atoms with Crippen molar-refractivity contribution in [2.45, 2.75) is 55.9 Å². The number of nitrogens with zero attached hydrogens (tertiary/aromatic N) is 2. The van der Waals surface area contributed by atoms with Gasteiger partial charge < -0.3 is 10.2 Å². The maximum Gasteiger partial charge on any atom is 0.264 e. The van der Waals surface area contributed by atoms with E-state index < -0.39 is 28.5 Å². The molecule has 9 heteroatoms. The van der Waals surface area contributed by atoms with E-state index in [0.29, 0.717) is 18.7 Å². The van der Waals surface area contributed by atoms with E-state index in [-0.39, 0.29) is 17.3 Å². The number of benzene rings is 3. The van der Waals surface area contributed by atoms with Crippen molar-refractivity contribution in [3.05, 3.63) is 90.0 Å². The fourth-order valence-corrected chi connectivity index (χ4v) is 6.04. The highest BCUT2D eigenvalue weighted by molar-refractivity contribution is 7.98. The monoisotopic (exact) mass is 581 g/mol. The number of carbonyl (C=O) groups is 2. The first-order valence-corrected chi connectivity index (χ1v) is 16.2. The fourth-order valence-electron chi connectivity index (χ4n) is 4.22. The van der Waals surface area contributed by atoms with Gasteiger partial charge in [0.15, 0.2) is 0 Å². The van der Waals surface area contributed by atoms with Gasteiger partial charge in [0, 0.05) is 18.0 Å². The summed E-state index contributed by atoms with van der Waals surface area (Å²) in [6.45, 7) is 6.01. The molecule has 0 saturated heterocycles. The summed E-state index contributed by atoms with van der Waals surface area (Å²) in [5, 5.41) is 2.91. The number of hydrogen-bond acceptors (Lipinski definition) is 5. The number of hydrogen-bond donors (Lipinski definition) is 1. The molecule has 0 aliphatic rings. The van der Waals surface area contributed by atoms with Crippen LogP contribution in [0.2, 0.25) is 0 Å². The number of anilines is 1. The predicted molar refractivity (Wildman–Crippen MR) is 163 cm³/mol. The van der Waals surface area contributed by atoms with Gasteiger partial charge in [0.05, 0.1) is 10.6 Å². The fraction of sp³-hybridized carbons (Fsp3) is 0.355. The molecule has 0 aromatic heterocycles. The first-order valence-electron chi connectivity index (χ1n) is 13.5. The van der Waals surface area contributed by atoms with Gasteiger partial charge in [-0.25, -0.2) is 8.42 Å². The Labute approximate surface area is 243 Å². The summed E-state index contributed by atoms with van der Waals surface area (Å²) < 4.78 is 28.9. The van der Waals surface area contributed by atoms with Gasteiger partial charge in [-0.3, -0.25) is 13.9 Å².